The molecule has 1 unspecified atom stereocenters. The van der Waals surface area contributed by atoms with E-state index in [1.54, 1.807) is 25.3 Å². The van der Waals surface area contributed by atoms with Gasteiger partial charge in [-0.2, -0.15) is 0 Å². The van der Waals surface area contributed by atoms with E-state index in [4.69, 9.17) is 61.6 Å². The van der Waals surface area contributed by atoms with E-state index in [2.05, 4.69) is 33.2 Å². The predicted octanol–water partition coefficient (Wildman–Crippen LogP) is 0.711. The molecule has 66 heavy (non-hydrogen) atoms. The first-order chi connectivity index (χ1) is 32.2. The fourth-order valence-electron chi connectivity index (χ4n) is 5.48. The van der Waals surface area contributed by atoms with Crippen LogP contribution in [0.4, 0.5) is 10.5 Å². The van der Waals surface area contributed by atoms with Crippen LogP contribution >= 0.6 is 22.6 Å². The number of carboxylic acid groups (broad SMARTS) is 1. The van der Waals surface area contributed by atoms with E-state index >= 15 is 0 Å². The van der Waals surface area contributed by atoms with E-state index in [1.807, 2.05) is 0 Å². The summed E-state index contributed by atoms with van der Waals surface area (Å²) < 4.78 is 71.0. The van der Waals surface area contributed by atoms with E-state index < -0.39 is 48.9 Å². The molecule has 3 N–H and O–H groups in total. The summed E-state index contributed by atoms with van der Waals surface area (Å²) in [6.07, 6.45) is -0.893. The van der Waals surface area contributed by atoms with Crippen LogP contribution < -0.4 is 20.3 Å². The van der Waals surface area contributed by atoms with Crippen LogP contribution in [0.5, 0.6) is 5.75 Å². The van der Waals surface area contributed by atoms with Crippen LogP contribution in [0.25, 0.3) is 0 Å². The summed E-state index contributed by atoms with van der Waals surface area (Å²) in [4.78, 5) is 65.1. The highest BCUT2D eigenvalue weighted by Crippen LogP contribution is 2.32. The van der Waals surface area contributed by atoms with Crippen molar-refractivity contribution in [1.29, 1.82) is 0 Å². The zero-order valence-corrected chi connectivity index (χ0v) is 40.3. The van der Waals surface area contributed by atoms with Gasteiger partial charge < -0.3 is 77.3 Å². The van der Waals surface area contributed by atoms with Crippen molar-refractivity contribution in [2.75, 3.05) is 184 Å². The maximum Gasteiger partial charge on any atom is 0.332 e. The number of urea groups is 1. The molecule has 0 radical (unpaired) electrons. The van der Waals surface area contributed by atoms with E-state index in [9.17, 15) is 29.1 Å². The Morgan fingerprint density at radius 2 is 1.05 bits per heavy atom. The number of imide groups is 1. The van der Waals surface area contributed by atoms with Gasteiger partial charge >= 0.3 is 12.0 Å². The second-order valence-electron chi connectivity index (χ2n) is 13.7. The fourth-order valence-corrected chi connectivity index (χ4v) is 5.96. The van der Waals surface area contributed by atoms with Crippen LogP contribution in [0.15, 0.2) is 18.2 Å². The molecule has 1 aromatic rings. The molecular formula is C42H69IN4O19. The number of amides is 5. The van der Waals surface area contributed by atoms with Gasteiger partial charge in [0, 0.05) is 30.1 Å². The first-order valence-corrected chi connectivity index (χ1v) is 22.8. The maximum absolute atomic E-state index is 13.3. The van der Waals surface area contributed by atoms with Crippen LogP contribution in [0.2, 0.25) is 0 Å². The Morgan fingerprint density at radius 1 is 0.636 bits per heavy atom. The Kier molecular flexibility index (Phi) is 35.2. The van der Waals surface area contributed by atoms with E-state index in [-0.39, 0.29) is 39.2 Å². The number of rotatable bonds is 44. The highest BCUT2D eigenvalue weighted by atomic mass is 127. The molecule has 1 aliphatic rings. The van der Waals surface area contributed by atoms with Gasteiger partial charge in [-0.25, -0.2) is 9.69 Å². The second-order valence-corrected chi connectivity index (χ2v) is 15.0. The molecule has 0 bridgehead atoms. The summed E-state index contributed by atoms with van der Waals surface area (Å²) >= 11 is 2.09. The largest absolute Gasteiger partial charge is 0.495 e. The van der Waals surface area contributed by atoms with Crippen molar-refractivity contribution in [3.63, 3.8) is 0 Å². The minimum Gasteiger partial charge on any atom is -0.495 e. The minimum absolute atomic E-state index is 0.00848. The SMILES string of the molecule is COCCOCCOCCOCCOCCOCCOCCOCCOCCOCCOCCOCCC(=O)NC(CC(=O)O)C(=O)NCN1C(=O)CCN(c2cc(I)ccc2OC)C1=O. The van der Waals surface area contributed by atoms with Crippen LogP contribution in [-0.2, 0) is 76.0 Å². The first-order valence-electron chi connectivity index (χ1n) is 21.8. The molecule has 1 heterocycles. The number of nitrogens with one attached hydrogen (secondary N) is 2. The predicted molar refractivity (Wildman–Crippen MR) is 243 cm³/mol. The lowest BCUT2D eigenvalue weighted by Crippen LogP contribution is -2.57. The lowest BCUT2D eigenvalue weighted by molar-refractivity contribution is -0.141. The standard InChI is InChI=1S/C42H69IN4O19/c1-54-9-10-57-13-14-59-17-18-61-21-22-63-25-26-65-29-30-66-28-27-64-24-23-62-20-19-60-16-15-58-12-11-56-8-6-38(48)45-35(32-40(50)51)41(52)44-33-47-39(49)5-7-46(42(47)53)36-31-34(43)3-4-37(36)55-2/h3-4,31,35H,5-30,32-33H2,1-2H3,(H,44,52)(H,45,48)(H,50,51). The molecule has 0 aliphatic carbocycles. The third-order valence-electron chi connectivity index (χ3n) is 8.81. The highest BCUT2D eigenvalue weighted by molar-refractivity contribution is 14.1. The van der Waals surface area contributed by atoms with Crippen molar-refractivity contribution in [3.05, 3.63) is 21.8 Å². The van der Waals surface area contributed by atoms with E-state index in [1.165, 1.54) is 12.0 Å². The van der Waals surface area contributed by atoms with Crippen molar-refractivity contribution in [2.45, 2.75) is 25.3 Å². The fraction of sp³-hybridized carbons (Fsp3) is 0.738. The molecule has 24 heteroatoms. The topological polar surface area (TPSA) is 256 Å². The van der Waals surface area contributed by atoms with Gasteiger partial charge in [-0.05, 0) is 40.8 Å². The quantitative estimate of drug-likeness (QED) is 0.0601. The molecule has 1 aliphatic heterocycles. The van der Waals surface area contributed by atoms with Gasteiger partial charge in [0.15, 0.2) is 0 Å². The number of aliphatic carboxylic acids is 1. The Bertz CT molecular complexity index is 1480. The third-order valence-corrected chi connectivity index (χ3v) is 9.48. The molecule has 1 fully saturated rings. The Hall–Kier alpha value is -3.38. The molecule has 2 rings (SSSR count). The number of hydrogen-bond acceptors (Lipinski definition) is 18. The van der Waals surface area contributed by atoms with Gasteiger partial charge in [0.1, 0.15) is 18.5 Å². The normalized spacial score (nSPS) is 13.3. The molecular weight excluding hydrogens is 991 g/mol. The van der Waals surface area contributed by atoms with Gasteiger partial charge in [0.05, 0.1) is 171 Å². The van der Waals surface area contributed by atoms with Gasteiger partial charge in [-0.1, -0.05) is 0 Å². The van der Waals surface area contributed by atoms with Crippen molar-refractivity contribution in [2.24, 2.45) is 0 Å². The number of carboxylic acids is 1. The van der Waals surface area contributed by atoms with Gasteiger partial charge in [-0.3, -0.25) is 24.1 Å². The zero-order chi connectivity index (χ0) is 47.9. The van der Waals surface area contributed by atoms with Crippen molar-refractivity contribution in [1.82, 2.24) is 15.5 Å². The molecule has 1 saturated heterocycles. The number of carbonyl (C=O) groups excluding carboxylic acids is 4. The maximum atomic E-state index is 13.3. The van der Waals surface area contributed by atoms with Crippen LogP contribution in [0.3, 0.4) is 0 Å². The van der Waals surface area contributed by atoms with Crippen LogP contribution in [-0.4, -0.2) is 225 Å². The number of hydrogen-bond donors (Lipinski definition) is 3. The highest BCUT2D eigenvalue weighted by Gasteiger charge is 2.35. The Labute approximate surface area is 400 Å². The van der Waals surface area contributed by atoms with Crippen molar-refractivity contribution in [3.8, 4) is 5.75 Å². The second kappa shape index (κ2) is 39.6. The Morgan fingerprint density at radius 3 is 1.44 bits per heavy atom. The first kappa shape index (κ1) is 58.7. The number of carbonyl (C=O) groups is 5. The zero-order valence-electron chi connectivity index (χ0n) is 38.2. The molecule has 0 spiro atoms. The average Bonchev–Trinajstić information content (AvgIpc) is 3.29. The number of benzene rings is 1. The van der Waals surface area contributed by atoms with Crippen molar-refractivity contribution >= 4 is 58.0 Å². The van der Waals surface area contributed by atoms with E-state index in [0.29, 0.717) is 144 Å². The molecule has 0 saturated carbocycles. The molecule has 5 amide bonds. The number of methoxy groups -OCH3 is 2. The molecule has 0 aromatic heterocycles. The summed E-state index contributed by atoms with van der Waals surface area (Å²) in [6, 6.07) is 3.09. The number of halogens is 1. The Balaban J connectivity index is 1.37. The minimum atomic E-state index is -1.46. The van der Waals surface area contributed by atoms with Gasteiger partial charge in [0.25, 0.3) is 0 Å². The number of anilines is 1. The molecule has 1 aromatic carbocycles. The summed E-state index contributed by atoms with van der Waals surface area (Å²) in [5, 5.41) is 14.1. The summed E-state index contributed by atoms with van der Waals surface area (Å²) in [7, 11) is 3.09. The van der Waals surface area contributed by atoms with E-state index in [0.717, 1.165) is 8.47 Å². The average molecular weight is 1060 g/mol. The van der Waals surface area contributed by atoms with Crippen LogP contribution in [0, 0.1) is 3.57 Å². The molecule has 1 atom stereocenters. The lowest BCUT2D eigenvalue weighted by Gasteiger charge is -2.35. The third kappa shape index (κ3) is 28.7. The smallest absolute Gasteiger partial charge is 0.332 e. The molecule has 378 valence electrons. The van der Waals surface area contributed by atoms with Crippen molar-refractivity contribution < 1.29 is 90.7 Å². The summed E-state index contributed by atoms with van der Waals surface area (Å²) in [5.74, 6) is -2.94. The molecule has 23 nitrogen and oxygen atoms in total. The van der Waals surface area contributed by atoms with Gasteiger partial charge in [-0.15, -0.1) is 0 Å². The number of ether oxygens (including phenoxy) is 13. The summed E-state index contributed by atoms with van der Waals surface area (Å²) in [6.45, 7) is 9.26. The summed E-state index contributed by atoms with van der Waals surface area (Å²) in [5.41, 5.74) is 0.458. The van der Waals surface area contributed by atoms with Crippen LogP contribution in [0.1, 0.15) is 19.3 Å². The number of nitrogens with zero attached hydrogens (tertiary/aromatic N) is 2. The lowest BCUT2D eigenvalue weighted by atomic mass is 10.2. The van der Waals surface area contributed by atoms with Gasteiger partial charge in [0.2, 0.25) is 17.7 Å². The monoisotopic (exact) mass is 1060 g/mol.